The van der Waals surface area contributed by atoms with E-state index in [0.717, 1.165) is 20.4 Å². The Morgan fingerprint density at radius 3 is 2.69 bits per heavy atom. The molecular formula is C23H27IN4O3S. The fourth-order valence-electron chi connectivity index (χ4n) is 3.07. The third-order valence-corrected chi connectivity index (χ3v) is 6.53. The topological polar surface area (TPSA) is 78.3 Å². The lowest BCUT2D eigenvalue weighted by molar-refractivity contribution is -0.113. The molecular weight excluding hydrogens is 539 g/mol. The number of hydrogen-bond acceptors (Lipinski definition) is 6. The summed E-state index contributed by atoms with van der Waals surface area (Å²) in [5, 5.41) is 12.1. The number of carbonyl (C=O) groups is 1. The molecule has 0 aliphatic heterocycles. The molecule has 170 valence electrons. The van der Waals surface area contributed by atoms with Crippen LogP contribution in [0.15, 0.2) is 41.6 Å². The van der Waals surface area contributed by atoms with Crippen molar-refractivity contribution in [3.63, 3.8) is 0 Å². The Labute approximate surface area is 206 Å². The van der Waals surface area contributed by atoms with E-state index >= 15 is 0 Å². The Bertz CT molecular complexity index is 1100. The summed E-state index contributed by atoms with van der Waals surface area (Å²) < 4.78 is 14.2. The van der Waals surface area contributed by atoms with Crippen LogP contribution in [0.4, 0.5) is 5.69 Å². The van der Waals surface area contributed by atoms with Gasteiger partial charge in [0.1, 0.15) is 6.61 Å². The first kappa shape index (κ1) is 24.4. The van der Waals surface area contributed by atoms with Gasteiger partial charge in [-0.15, -0.1) is 10.2 Å². The average molecular weight is 566 g/mol. The van der Waals surface area contributed by atoms with E-state index in [1.54, 1.807) is 7.11 Å². The molecule has 0 saturated heterocycles. The van der Waals surface area contributed by atoms with Crippen LogP contribution in [0.5, 0.6) is 11.5 Å². The number of nitrogens with zero attached hydrogens (tertiary/aromatic N) is 3. The van der Waals surface area contributed by atoms with E-state index in [9.17, 15) is 4.79 Å². The number of aryl methyl sites for hydroxylation is 1. The first-order valence-electron chi connectivity index (χ1n) is 10.2. The Balaban J connectivity index is 1.59. The third-order valence-electron chi connectivity index (χ3n) is 4.84. The molecule has 0 unspecified atom stereocenters. The maximum Gasteiger partial charge on any atom is 0.234 e. The van der Waals surface area contributed by atoms with Gasteiger partial charge in [-0.1, -0.05) is 31.7 Å². The molecule has 0 radical (unpaired) electrons. The minimum absolute atomic E-state index is 0.0803. The quantitative estimate of drug-likeness (QED) is 0.285. The largest absolute Gasteiger partial charge is 0.493 e. The van der Waals surface area contributed by atoms with Gasteiger partial charge in [0.15, 0.2) is 22.5 Å². The van der Waals surface area contributed by atoms with E-state index < -0.39 is 0 Å². The lowest BCUT2D eigenvalue weighted by atomic mass is 10.0. The fourth-order valence-corrected chi connectivity index (χ4v) is 4.32. The zero-order chi connectivity index (χ0) is 23.3. The van der Waals surface area contributed by atoms with Gasteiger partial charge < -0.3 is 19.4 Å². The summed E-state index contributed by atoms with van der Waals surface area (Å²) in [6.45, 7) is 6.48. The smallest absolute Gasteiger partial charge is 0.234 e. The number of ether oxygens (including phenoxy) is 2. The van der Waals surface area contributed by atoms with E-state index in [-0.39, 0.29) is 18.3 Å². The van der Waals surface area contributed by atoms with Crippen molar-refractivity contribution < 1.29 is 14.3 Å². The molecule has 1 amide bonds. The molecule has 0 bridgehead atoms. The second-order valence-electron chi connectivity index (χ2n) is 7.62. The fraction of sp³-hybridized carbons (Fsp3) is 0.348. The number of anilines is 1. The Kier molecular flexibility index (Phi) is 8.41. The van der Waals surface area contributed by atoms with Gasteiger partial charge in [-0.25, -0.2) is 0 Å². The number of benzene rings is 2. The van der Waals surface area contributed by atoms with Crippen molar-refractivity contribution in [2.75, 3.05) is 18.2 Å². The molecule has 0 spiro atoms. The molecule has 3 rings (SSSR count). The number of amides is 1. The normalized spacial score (nSPS) is 11.0. The molecule has 32 heavy (non-hydrogen) atoms. The number of hydrogen-bond donors (Lipinski definition) is 1. The number of halogens is 1. The van der Waals surface area contributed by atoms with Crippen molar-refractivity contribution >= 4 is 45.9 Å². The summed E-state index contributed by atoms with van der Waals surface area (Å²) in [6.07, 6.45) is 0. The molecule has 0 saturated carbocycles. The Morgan fingerprint density at radius 1 is 1.19 bits per heavy atom. The maximum absolute atomic E-state index is 12.5. The van der Waals surface area contributed by atoms with Gasteiger partial charge in [-0.3, -0.25) is 4.79 Å². The number of aromatic nitrogens is 3. The highest BCUT2D eigenvalue weighted by Gasteiger charge is 2.15. The lowest BCUT2D eigenvalue weighted by Crippen LogP contribution is -2.16. The van der Waals surface area contributed by atoms with Crippen LogP contribution in [0, 0.1) is 10.5 Å². The standard InChI is InChI=1S/C23H27IN4O3S/c1-14(2)17-11-16(24)7-8-18(17)25-22(29)13-32-23-27-26-21(28(23)4)12-31-19-9-6-15(3)10-20(19)30-5/h6-11,14H,12-13H2,1-5H3,(H,25,29). The SMILES string of the molecule is COc1cc(C)ccc1OCc1nnc(SCC(=O)Nc2ccc(I)cc2C(C)C)n1C. The van der Waals surface area contributed by atoms with E-state index in [1.807, 2.05) is 48.9 Å². The molecule has 1 N–H and O–H groups in total. The van der Waals surface area contributed by atoms with Gasteiger partial charge in [-0.2, -0.15) is 0 Å². The van der Waals surface area contributed by atoms with Crippen molar-refractivity contribution in [3.05, 3.63) is 56.9 Å². The van der Waals surface area contributed by atoms with Crippen molar-refractivity contribution in [1.82, 2.24) is 14.8 Å². The number of thioether (sulfide) groups is 1. The first-order valence-corrected chi connectivity index (χ1v) is 12.2. The maximum atomic E-state index is 12.5. The van der Waals surface area contributed by atoms with E-state index in [1.165, 1.54) is 11.8 Å². The monoisotopic (exact) mass is 566 g/mol. The summed E-state index contributed by atoms with van der Waals surface area (Å²) in [7, 11) is 3.48. The van der Waals surface area contributed by atoms with E-state index in [4.69, 9.17) is 9.47 Å². The molecule has 0 atom stereocenters. The molecule has 0 fully saturated rings. The van der Waals surface area contributed by atoms with Crippen LogP contribution < -0.4 is 14.8 Å². The molecule has 2 aromatic carbocycles. The number of rotatable bonds is 9. The van der Waals surface area contributed by atoms with Crippen LogP contribution >= 0.6 is 34.4 Å². The van der Waals surface area contributed by atoms with Crippen LogP contribution in [0.3, 0.4) is 0 Å². The van der Waals surface area contributed by atoms with E-state index in [0.29, 0.717) is 28.4 Å². The van der Waals surface area contributed by atoms with Crippen molar-refractivity contribution in [2.24, 2.45) is 7.05 Å². The van der Waals surface area contributed by atoms with Gasteiger partial charge in [0.2, 0.25) is 5.91 Å². The third kappa shape index (κ3) is 6.16. The summed E-state index contributed by atoms with van der Waals surface area (Å²) in [5.41, 5.74) is 3.07. The molecule has 9 heteroatoms. The van der Waals surface area contributed by atoms with Gasteiger partial charge in [0.05, 0.1) is 12.9 Å². The molecule has 1 aromatic heterocycles. The van der Waals surface area contributed by atoms with Crippen molar-refractivity contribution in [2.45, 2.75) is 38.5 Å². The molecule has 7 nitrogen and oxygen atoms in total. The van der Waals surface area contributed by atoms with Gasteiger partial charge in [0.25, 0.3) is 0 Å². The van der Waals surface area contributed by atoms with Gasteiger partial charge >= 0.3 is 0 Å². The Morgan fingerprint density at radius 2 is 1.97 bits per heavy atom. The molecule has 3 aromatic rings. The second-order valence-corrected chi connectivity index (χ2v) is 9.81. The lowest BCUT2D eigenvalue weighted by Gasteiger charge is -2.14. The van der Waals surface area contributed by atoms with E-state index in [2.05, 4.69) is 58.0 Å². The highest BCUT2D eigenvalue weighted by Crippen LogP contribution is 2.29. The minimum atomic E-state index is -0.0803. The highest BCUT2D eigenvalue weighted by atomic mass is 127. The molecule has 0 aliphatic rings. The predicted molar refractivity (Wildman–Crippen MR) is 136 cm³/mol. The predicted octanol–water partition coefficient (Wildman–Crippen LogP) is 5.17. The highest BCUT2D eigenvalue weighted by molar-refractivity contribution is 14.1. The zero-order valence-corrected chi connectivity index (χ0v) is 21.8. The number of nitrogens with one attached hydrogen (secondary N) is 1. The minimum Gasteiger partial charge on any atom is -0.493 e. The van der Waals surface area contributed by atoms with Crippen LogP contribution in [-0.4, -0.2) is 33.5 Å². The van der Waals surface area contributed by atoms with Crippen LogP contribution in [0.1, 0.15) is 36.7 Å². The van der Waals surface area contributed by atoms with Gasteiger partial charge in [0, 0.05) is 16.3 Å². The number of carbonyl (C=O) groups excluding carboxylic acids is 1. The van der Waals surface area contributed by atoms with Crippen molar-refractivity contribution in [1.29, 1.82) is 0 Å². The van der Waals surface area contributed by atoms with Crippen LogP contribution in [0.2, 0.25) is 0 Å². The summed E-state index contributed by atoms with van der Waals surface area (Å²) >= 11 is 3.62. The Hall–Kier alpha value is -2.27. The van der Waals surface area contributed by atoms with Crippen LogP contribution in [-0.2, 0) is 18.4 Å². The summed E-state index contributed by atoms with van der Waals surface area (Å²) in [5.74, 6) is 2.46. The van der Waals surface area contributed by atoms with Gasteiger partial charge in [-0.05, 0) is 76.9 Å². The molecule has 0 aliphatic carbocycles. The zero-order valence-electron chi connectivity index (χ0n) is 18.8. The second kappa shape index (κ2) is 11.0. The summed E-state index contributed by atoms with van der Waals surface area (Å²) in [6, 6.07) is 11.8. The van der Waals surface area contributed by atoms with Crippen LogP contribution in [0.25, 0.3) is 0 Å². The average Bonchev–Trinajstić information content (AvgIpc) is 3.11. The number of methoxy groups -OCH3 is 1. The van der Waals surface area contributed by atoms with Crippen molar-refractivity contribution in [3.8, 4) is 11.5 Å². The molecule has 1 heterocycles. The first-order chi connectivity index (χ1) is 15.3. The summed E-state index contributed by atoms with van der Waals surface area (Å²) in [4.78, 5) is 12.5.